The number of ether oxygens (including phenoxy) is 1. The highest BCUT2D eigenvalue weighted by Crippen LogP contribution is 2.75. The standard InChI is InChI=1S/C17H22O4/c1-10(20)21-14-12-6-15(2,3)5-11(12)13(7-18)17(9-19)8-16(14,17)4/h7,9,12,14H,5-6,8H2,1-4H3/t12-,14+,16-,17-/m1/s1. The molecule has 4 heteroatoms. The third-order valence-corrected chi connectivity index (χ3v) is 5.86. The average molecular weight is 290 g/mol. The van der Waals surface area contributed by atoms with E-state index in [-0.39, 0.29) is 23.4 Å². The highest BCUT2D eigenvalue weighted by atomic mass is 16.5. The second-order valence-corrected chi connectivity index (χ2v) is 7.92. The zero-order valence-corrected chi connectivity index (χ0v) is 13.1. The van der Waals surface area contributed by atoms with Crippen LogP contribution in [0.25, 0.3) is 0 Å². The molecular weight excluding hydrogens is 268 g/mol. The van der Waals surface area contributed by atoms with E-state index in [4.69, 9.17) is 4.74 Å². The molecule has 4 nitrogen and oxygen atoms in total. The van der Waals surface area contributed by atoms with Gasteiger partial charge in [-0.25, -0.2) is 0 Å². The Balaban J connectivity index is 2.15. The van der Waals surface area contributed by atoms with Gasteiger partial charge in [0.15, 0.2) is 0 Å². The Morgan fingerprint density at radius 1 is 1.29 bits per heavy atom. The molecule has 0 N–H and O–H groups in total. The number of carbonyl (C=O) groups excluding carboxylic acids is 3. The van der Waals surface area contributed by atoms with Gasteiger partial charge in [-0.3, -0.25) is 9.59 Å². The largest absolute Gasteiger partial charge is 0.461 e. The van der Waals surface area contributed by atoms with Crippen molar-refractivity contribution in [2.45, 2.75) is 53.1 Å². The van der Waals surface area contributed by atoms with Crippen LogP contribution in [0.3, 0.4) is 0 Å². The normalized spacial score (nSPS) is 42.9. The predicted molar refractivity (Wildman–Crippen MR) is 76.4 cm³/mol. The van der Waals surface area contributed by atoms with Crippen LogP contribution in [0, 0.1) is 22.2 Å². The first-order valence-electron chi connectivity index (χ1n) is 7.53. The summed E-state index contributed by atoms with van der Waals surface area (Å²) >= 11 is 0. The molecule has 0 saturated heterocycles. The van der Waals surface area contributed by atoms with E-state index in [2.05, 4.69) is 13.8 Å². The Kier molecular flexibility index (Phi) is 2.80. The van der Waals surface area contributed by atoms with E-state index in [9.17, 15) is 14.4 Å². The summed E-state index contributed by atoms with van der Waals surface area (Å²) in [5.74, 6) is -0.240. The van der Waals surface area contributed by atoms with Gasteiger partial charge in [-0.2, -0.15) is 0 Å². The van der Waals surface area contributed by atoms with Crippen molar-refractivity contribution < 1.29 is 19.1 Å². The van der Waals surface area contributed by atoms with Gasteiger partial charge in [-0.1, -0.05) is 26.3 Å². The third kappa shape index (κ3) is 1.71. The molecular formula is C17H22O4. The summed E-state index contributed by atoms with van der Waals surface area (Å²) < 4.78 is 5.63. The monoisotopic (exact) mass is 290 g/mol. The van der Waals surface area contributed by atoms with Crippen LogP contribution in [0.5, 0.6) is 0 Å². The van der Waals surface area contributed by atoms with E-state index in [0.717, 1.165) is 31.0 Å². The minimum Gasteiger partial charge on any atom is -0.461 e. The number of aldehydes is 2. The van der Waals surface area contributed by atoms with Gasteiger partial charge in [0, 0.05) is 23.8 Å². The predicted octanol–water partition coefficient (Wildman–Crippen LogP) is 2.46. The van der Waals surface area contributed by atoms with E-state index in [0.29, 0.717) is 12.0 Å². The summed E-state index contributed by atoms with van der Waals surface area (Å²) in [4.78, 5) is 34.9. The molecule has 0 heterocycles. The molecule has 4 atom stereocenters. The molecule has 0 aromatic heterocycles. The number of allylic oxidation sites excluding steroid dienone is 1. The highest BCUT2D eigenvalue weighted by molar-refractivity contribution is 5.91. The molecule has 3 aliphatic carbocycles. The van der Waals surface area contributed by atoms with E-state index in [1.165, 1.54) is 6.92 Å². The first-order valence-corrected chi connectivity index (χ1v) is 7.53. The Morgan fingerprint density at radius 2 is 1.95 bits per heavy atom. The van der Waals surface area contributed by atoms with Gasteiger partial charge < -0.3 is 9.53 Å². The van der Waals surface area contributed by atoms with Crippen molar-refractivity contribution in [2.24, 2.45) is 22.2 Å². The maximum atomic E-state index is 11.7. The van der Waals surface area contributed by atoms with Crippen LogP contribution in [-0.2, 0) is 19.1 Å². The molecule has 0 amide bonds. The van der Waals surface area contributed by atoms with E-state index in [1.807, 2.05) is 6.92 Å². The highest BCUT2D eigenvalue weighted by Gasteiger charge is 2.76. The molecule has 2 fully saturated rings. The van der Waals surface area contributed by atoms with Gasteiger partial charge >= 0.3 is 5.97 Å². The molecule has 0 aliphatic heterocycles. The molecule has 0 bridgehead atoms. The van der Waals surface area contributed by atoms with Crippen molar-refractivity contribution >= 4 is 18.5 Å². The molecule has 3 rings (SSSR count). The summed E-state index contributed by atoms with van der Waals surface area (Å²) in [5.41, 5.74) is 0.623. The zero-order valence-electron chi connectivity index (χ0n) is 13.1. The summed E-state index contributed by atoms with van der Waals surface area (Å²) in [6.45, 7) is 7.70. The van der Waals surface area contributed by atoms with Crippen molar-refractivity contribution in [2.75, 3.05) is 0 Å². The van der Waals surface area contributed by atoms with Crippen LogP contribution in [0.2, 0.25) is 0 Å². The molecule has 0 unspecified atom stereocenters. The SMILES string of the molecule is CC(=O)O[C@H]1[C@@H]2CC(C)(C)CC2=C(C=O)[C@]2(C=O)C[C@]12C. The van der Waals surface area contributed by atoms with Gasteiger partial charge in [0.2, 0.25) is 0 Å². The van der Waals surface area contributed by atoms with E-state index < -0.39 is 10.8 Å². The van der Waals surface area contributed by atoms with Crippen LogP contribution in [-0.4, -0.2) is 24.6 Å². The molecule has 2 saturated carbocycles. The van der Waals surface area contributed by atoms with Crippen LogP contribution in [0.15, 0.2) is 11.1 Å². The topological polar surface area (TPSA) is 60.4 Å². The number of hydrogen-bond donors (Lipinski definition) is 0. The molecule has 0 radical (unpaired) electrons. The van der Waals surface area contributed by atoms with Crippen molar-refractivity contribution in [3.8, 4) is 0 Å². The molecule has 0 aromatic rings. The number of rotatable bonds is 3. The number of carbonyl (C=O) groups is 3. The summed E-state index contributed by atoms with van der Waals surface area (Å²) in [6.07, 6.45) is 3.78. The number of hydrogen-bond acceptors (Lipinski definition) is 4. The second kappa shape index (κ2) is 4.05. The Hall–Kier alpha value is -1.45. The zero-order chi connectivity index (χ0) is 15.6. The summed E-state index contributed by atoms with van der Waals surface area (Å²) in [7, 11) is 0. The van der Waals surface area contributed by atoms with Gasteiger partial charge in [0.25, 0.3) is 0 Å². The number of fused-ring (bicyclic) bond motifs is 2. The van der Waals surface area contributed by atoms with Crippen LogP contribution >= 0.6 is 0 Å². The van der Waals surface area contributed by atoms with E-state index in [1.54, 1.807) is 0 Å². The van der Waals surface area contributed by atoms with Gasteiger partial charge in [0.05, 0.1) is 5.41 Å². The lowest BCUT2D eigenvalue weighted by molar-refractivity contribution is -0.154. The lowest BCUT2D eigenvalue weighted by atomic mass is 9.70. The lowest BCUT2D eigenvalue weighted by Gasteiger charge is -2.38. The molecule has 3 aliphatic rings. The first kappa shape index (κ1) is 14.5. The Labute approximate surface area is 124 Å². The van der Waals surface area contributed by atoms with Crippen molar-refractivity contribution in [3.63, 3.8) is 0 Å². The van der Waals surface area contributed by atoms with E-state index >= 15 is 0 Å². The number of esters is 1. The summed E-state index contributed by atoms with van der Waals surface area (Å²) in [5, 5.41) is 0. The van der Waals surface area contributed by atoms with Gasteiger partial charge in [-0.05, 0) is 24.7 Å². The Morgan fingerprint density at radius 3 is 2.48 bits per heavy atom. The maximum absolute atomic E-state index is 11.7. The van der Waals surface area contributed by atoms with Crippen molar-refractivity contribution in [1.82, 2.24) is 0 Å². The van der Waals surface area contributed by atoms with Crippen LogP contribution in [0.4, 0.5) is 0 Å². The lowest BCUT2D eigenvalue weighted by Crippen LogP contribution is -2.42. The third-order valence-electron chi connectivity index (χ3n) is 5.86. The minimum absolute atomic E-state index is 0.0733. The van der Waals surface area contributed by atoms with Crippen LogP contribution < -0.4 is 0 Å². The fourth-order valence-corrected chi connectivity index (χ4v) is 4.86. The summed E-state index contributed by atoms with van der Waals surface area (Å²) in [6, 6.07) is 0. The first-order chi connectivity index (χ1) is 9.71. The van der Waals surface area contributed by atoms with Crippen molar-refractivity contribution in [3.05, 3.63) is 11.1 Å². The fourth-order valence-electron chi connectivity index (χ4n) is 4.86. The molecule has 114 valence electrons. The van der Waals surface area contributed by atoms with Crippen molar-refractivity contribution in [1.29, 1.82) is 0 Å². The quantitative estimate of drug-likeness (QED) is 0.592. The Bertz CT molecular complexity index is 573. The fraction of sp³-hybridized carbons (Fsp3) is 0.706. The second-order valence-electron chi connectivity index (χ2n) is 7.92. The van der Waals surface area contributed by atoms with Gasteiger partial charge in [-0.15, -0.1) is 0 Å². The molecule has 0 aromatic carbocycles. The van der Waals surface area contributed by atoms with Gasteiger partial charge in [0.1, 0.15) is 18.7 Å². The average Bonchev–Trinajstić information content (AvgIpc) is 2.88. The smallest absolute Gasteiger partial charge is 0.302 e. The van der Waals surface area contributed by atoms with Crippen LogP contribution in [0.1, 0.15) is 47.0 Å². The molecule has 21 heavy (non-hydrogen) atoms. The maximum Gasteiger partial charge on any atom is 0.302 e. The minimum atomic E-state index is -0.735. The molecule has 0 spiro atoms.